The number of nitrogens with zero attached hydrogens (tertiary/aromatic N) is 3. The van der Waals surface area contributed by atoms with Gasteiger partial charge in [-0.3, -0.25) is 9.48 Å². The molecule has 1 heterocycles. The molecular formula is C21H31N3O. The van der Waals surface area contributed by atoms with Crippen LogP contribution in [0.1, 0.15) is 70.8 Å². The lowest BCUT2D eigenvalue weighted by atomic mass is 9.40. The van der Waals surface area contributed by atoms with Gasteiger partial charge in [0.1, 0.15) is 0 Å². The highest BCUT2D eigenvalue weighted by atomic mass is 16.2. The minimum Gasteiger partial charge on any atom is -0.335 e. The van der Waals surface area contributed by atoms with Crippen LogP contribution < -0.4 is 0 Å². The summed E-state index contributed by atoms with van der Waals surface area (Å²) < 4.78 is 1.84. The summed E-state index contributed by atoms with van der Waals surface area (Å²) in [5, 5.41) is 4.30. The van der Waals surface area contributed by atoms with E-state index in [0.29, 0.717) is 22.8 Å². The first-order valence-electron chi connectivity index (χ1n) is 10.1. The zero-order valence-corrected chi connectivity index (χ0v) is 15.9. The summed E-state index contributed by atoms with van der Waals surface area (Å²) in [5.74, 6) is 1.25. The minimum absolute atomic E-state index is 0.0757. The number of aryl methyl sites for hydroxylation is 1. The summed E-state index contributed by atoms with van der Waals surface area (Å²) in [5.41, 5.74) is 1.89. The molecule has 0 aliphatic heterocycles. The van der Waals surface area contributed by atoms with Gasteiger partial charge in [0.2, 0.25) is 5.91 Å². The Morgan fingerprint density at radius 3 is 2.40 bits per heavy atom. The van der Waals surface area contributed by atoms with Crippen molar-refractivity contribution in [3.63, 3.8) is 0 Å². The monoisotopic (exact) mass is 341 g/mol. The normalized spacial score (nSPS) is 42.0. The van der Waals surface area contributed by atoms with Crippen LogP contribution in [-0.2, 0) is 18.4 Å². The molecule has 2 atom stereocenters. The molecule has 5 fully saturated rings. The van der Waals surface area contributed by atoms with Crippen LogP contribution in [0.3, 0.4) is 0 Å². The van der Waals surface area contributed by atoms with Crippen molar-refractivity contribution in [2.45, 2.75) is 77.8 Å². The van der Waals surface area contributed by atoms with Gasteiger partial charge < -0.3 is 4.90 Å². The molecule has 4 nitrogen and oxygen atoms in total. The number of carbonyl (C=O) groups excluding carboxylic acids is 1. The van der Waals surface area contributed by atoms with E-state index in [-0.39, 0.29) is 5.41 Å². The van der Waals surface area contributed by atoms with Crippen molar-refractivity contribution < 1.29 is 4.79 Å². The predicted octanol–water partition coefficient (Wildman–Crippen LogP) is 3.91. The third-order valence-electron chi connectivity index (χ3n) is 7.44. The first-order chi connectivity index (χ1) is 11.8. The molecule has 25 heavy (non-hydrogen) atoms. The second-order valence-electron chi connectivity index (χ2n) is 10.6. The van der Waals surface area contributed by atoms with Gasteiger partial charge in [0, 0.05) is 31.4 Å². The first kappa shape index (κ1) is 15.9. The highest BCUT2D eigenvalue weighted by molar-refractivity contribution is 5.84. The van der Waals surface area contributed by atoms with Gasteiger partial charge >= 0.3 is 0 Å². The SMILES string of the molecule is Cn1cc(CN(C(=O)C23CC4CC(C)(CC(C)(C4)C2)C3)C2CC2)cn1. The molecule has 0 spiro atoms. The Morgan fingerprint density at radius 2 is 1.88 bits per heavy atom. The third-order valence-corrected chi connectivity index (χ3v) is 7.44. The molecular weight excluding hydrogens is 310 g/mol. The maximum atomic E-state index is 13.9. The zero-order valence-electron chi connectivity index (χ0n) is 15.9. The maximum Gasteiger partial charge on any atom is 0.229 e. The predicted molar refractivity (Wildman–Crippen MR) is 96.6 cm³/mol. The molecule has 6 rings (SSSR count). The molecule has 136 valence electrons. The van der Waals surface area contributed by atoms with E-state index in [1.54, 1.807) is 0 Å². The molecule has 5 aliphatic rings. The van der Waals surface area contributed by atoms with Crippen molar-refractivity contribution in [1.82, 2.24) is 14.7 Å². The Labute approximate surface area is 151 Å². The second kappa shape index (κ2) is 4.89. The van der Waals surface area contributed by atoms with Crippen LogP contribution in [0.2, 0.25) is 0 Å². The van der Waals surface area contributed by atoms with Crippen molar-refractivity contribution in [3.8, 4) is 0 Å². The van der Waals surface area contributed by atoms with Crippen molar-refractivity contribution in [2.75, 3.05) is 0 Å². The van der Waals surface area contributed by atoms with Gasteiger partial charge in [0.25, 0.3) is 0 Å². The maximum absolute atomic E-state index is 13.9. The fourth-order valence-electron chi connectivity index (χ4n) is 7.49. The van der Waals surface area contributed by atoms with Crippen LogP contribution in [0, 0.1) is 22.2 Å². The molecule has 1 aromatic rings. The quantitative estimate of drug-likeness (QED) is 0.833. The molecule has 4 bridgehead atoms. The molecule has 5 aliphatic carbocycles. The number of amides is 1. The molecule has 1 amide bonds. The fraction of sp³-hybridized carbons (Fsp3) is 0.810. The van der Waals surface area contributed by atoms with Crippen LogP contribution in [-0.4, -0.2) is 26.6 Å². The highest BCUT2D eigenvalue weighted by Gasteiger charge is 2.63. The standard InChI is InChI=1S/C21H31N3O/c1-19-6-15-7-20(2,12-19)14-21(8-15,13-19)18(25)24(17-4-5-17)11-16-9-22-23(3)10-16/h9-10,15,17H,4-8,11-14H2,1-3H3. The van der Waals surface area contributed by atoms with Gasteiger partial charge in [0.15, 0.2) is 0 Å². The molecule has 2 unspecified atom stereocenters. The van der Waals surface area contributed by atoms with Crippen molar-refractivity contribution in [2.24, 2.45) is 29.2 Å². The lowest BCUT2D eigenvalue weighted by Gasteiger charge is -2.65. The summed E-state index contributed by atoms with van der Waals surface area (Å²) >= 11 is 0. The summed E-state index contributed by atoms with van der Waals surface area (Å²) in [7, 11) is 1.95. The molecule has 0 radical (unpaired) electrons. The summed E-state index contributed by atoms with van der Waals surface area (Å²) in [6, 6.07) is 0.473. The largest absolute Gasteiger partial charge is 0.335 e. The minimum atomic E-state index is -0.0757. The summed E-state index contributed by atoms with van der Waals surface area (Å²) in [4.78, 5) is 16.1. The molecule has 0 N–H and O–H groups in total. The van der Waals surface area contributed by atoms with E-state index in [1.807, 2.05) is 17.9 Å². The van der Waals surface area contributed by atoms with E-state index in [0.717, 1.165) is 31.7 Å². The molecule has 4 heteroatoms. The van der Waals surface area contributed by atoms with Gasteiger partial charge in [-0.2, -0.15) is 5.10 Å². The summed E-state index contributed by atoms with van der Waals surface area (Å²) in [6.07, 6.45) is 13.8. The number of aromatic nitrogens is 2. The molecule has 1 aromatic heterocycles. The Morgan fingerprint density at radius 1 is 1.20 bits per heavy atom. The number of carbonyl (C=O) groups is 1. The molecule has 0 aromatic carbocycles. The van der Waals surface area contributed by atoms with Gasteiger partial charge in [0.05, 0.1) is 11.6 Å². The average Bonchev–Trinajstić information content (AvgIpc) is 3.23. The average molecular weight is 341 g/mol. The van der Waals surface area contributed by atoms with E-state index >= 15 is 0 Å². The zero-order chi connectivity index (χ0) is 17.4. The molecule has 0 saturated heterocycles. The van der Waals surface area contributed by atoms with Crippen LogP contribution in [0.5, 0.6) is 0 Å². The van der Waals surface area contributed by atoms with Crippen molar-refractivity contribution in [3.05, 3.63) is 18.0 Å². The van der Waals surface area contributed by atoms with E-state index in [1.165, 1.54) is 37.7 Å². The van der Waals surface area contributed by atoms with Crippen molar-refractivity contribution >= 4 is 5.91 Å². The second-order valence-corrected chi connectivity index (χ2v) is 10.6. The van der Waals surface area contributed by atoms with E-state index in [4.69, 9.17) is 0 Å². The van der Waals surface area contributed by atoms with Crippen LogP contribution in [0.25, 0.3) is 0 Å². The smallest absolute Gasteiger partial charge is 0.229 e. The van der Waals surface area contributed by atoms with Crippen LogP contribution in [0.15, 0.2) is 12.4 Å². The Kier molecular flexibility index (Phi) is 3.11. The lowest BCUT2D eigenvalue weighted by Crippen LogP contribution is -2.60. The number of hydrogen-bond donors (Lipinski definition) is 0. The van der Waals surface area contributed by atoms with Crippen LogP contribution in [0.4, 0.5) is 0 Å². The highest BCUT2D eigenvalue weighted by Crippen LogP contribution is 2.70. The van der Waals surface area contributed by atoms with Crippen molar-refractivity contribution in [1.29, 1.82) is 0 Å². The van der Waals surface area contributed by atoms with E-state index in [2.05, 4.69) is 30.0 Å². The number of rotatable bonds is 4. The first-order valence-corrected chi connectivity index (χ1v) is 10.1. The third kappa shape index (κ3) is 2.55. The lowest BCUT2D eigenvalue weighted by molar-refractivity contribution is -0.180. The van der Waals surface area contributed by atoms with Gasteiger partial charge in [-0.15, -0.1) is 0 Å². The Bertz CT molecular complexity index is 700. The Balaban J connectivity index is 1.45. The number of hydrogen-bond acceptors (Lipinski definition) is 2. The summed E-state index contributed by atoms with van der Waals surface area (Å²) in [6.45, 7) is 5.66. The van der Waals surface area contributed by atoms with Crippen LogP contribution >= 0.6 is 0 Å². The van der Waals surface area contributed by atoms with E-state index < -0.39 is 0 Å². The van der Waals surface area contributed by atoms with Gasteiger partial charge in [-0.25, -0.2) is 0 Å². The van der Waals surface area contributed by atoms with Gasteiger partial charge in [-0.05, 0) is 68.1 Å². The molecule has 5 saturated carbocycles. The van der Waals surface area contributed by atoms with Gasteiger partial charge in [-0.1, -0.05) is 13.8 Å². The fourth-order valence-corrected chi connectivity index (χ4v) is 7.49. The topological polar surface area (TPSA) is 38.1 Å². The Hall–Kier alpha value is -1.32. The van der Waals surface area contributed by atoms with E-state index in [9.17, 15) is 4.79 Å².